The Bertz CT molecular complexity index is 882. The van der Waals surface area contributed by atoms with Gasteiger partial charge in [0.2, 0.25) is 5.91 Å². The molecular weight excluding hydrogens is 388 g/mol. The molecule has 6 heteroatoms. The van der Waals surface area contributed by atoms with E-state index in [2.05, 4.69) is 31.2 Å². The van der Waals surface area contributed by atoms with Gasteiger partial charge in [0.15, 0.2) is 0 Å². The van der Waals surface area contributed by atoms with E-state index >= 15 is 0 Å². The Balaban J connectivity index is 1.74. The molecular formula is C23H27ClN2O3. The molecule has 3 rings (SSSR count). The van der Waals surface area contributed by atoms with Gasteiger partial charge in [-0.05, 0) is 48.6 Å². The molecule has 1 aliphatic rings. The molecule has 154 valence electrons. The number of likely N-dealkylation sites (tertiary alicyclic amines) is 1. The molecule has 1 heterocycles. The van der Waals surface area contributed by atoms with Gasteiger partial charge < -0.3 is 14.5 Å². The minimum absolute atomic E-state index is 0.0450. The summed E-state index contributed by atoms with van der Waals surface area (Å²) in [6, 6.07) is 12.8. The molecule has 2 amide bonds. The molecule has 0 bridgehead atoms. The number of likely N-dealkylation sites (N-methyl/N-ethyl adjacent to an activating group) is 1. The highest BCUT2D eigenvalue weighted by Crippen LogP contribution is 2.28. The molecule has 1 atom stereocenters. The first-order valence-corrected chi connectivity index (χ1v) is 10.3. The SMILES string of the molecule is CCc1ccc(CN(C)C(=O)[C@@H]2CCCN2C(=O)c2cc(Cl)ccc2OC)cc1. The van der Waals surface area contributed by atoms with Gasteiger partial charge in [-0.15, -0.1) is 0 Å². The van der Waals surface area contributed by atoms with Gasteiger partial charge >= 0.3 is 0 Å². The molecule has 29 heavy (non-hydrogen) atoms. The van der Waals surface area contributed by atoms with Crippen LogP contribution in [0.2, 0.25) is 5.02 Å². The molecule has 0 saturated carbocycles. The molecule has 2 aromatic rings. The number of aryl methyl sites for hydroxylation is 1. The van der Waals surface area contributed by atoms with E-state index in [4.69, 9.17) is 16.3 Å². The van der Waals surface area contributed by atoms with Crippen LogP contribution in [0.5, 0.6) is 5.75 Å². The number of benzene rings is 2. The zero-order valence-corrected chi connectivity index (χ0v) is 17.9. The second-order valence-electron chi connectivity index (χ2n) is 7.37. The molecule has 0 N–H and O–H groups in total. The quantitative estimate of drug-likeness (QED) is 0.712. The molecule has 1 aliphatic heterocycles. The number of amides is 2. The van der Waals surface area contributed by atoms with E-state index in [1.54, 1.807) is 35.0 Å². The fourth-order valence-electron chi connectivity index (χ4n) is 3.76. The molecule has 0 aromatic heterocycles. The topological polar surface area (TPSA) is 49.9 Å². The monoisotopic (exact) mass is 414 g/mol. The van der Waals surface area contributed by atoms with Gasteiger partial charge in [-0.2, -0.15) is 0 Å². The van der Waals surface area contributed by atoms with Crippen molar-refractivity contribution in [3.8, 4) is 5.75 Å². The number of rotatable bonds is 6. The van der Waals surface area contributed by atoms with Crippen LogP contribution in [0, 0.1) is 0 Å². The maximum Gasteiger partial charge on any atom is 0.258 e. The van der Waals surface area contributed by atoms with E-state index in [-0.39, 0.29) is 11.8 Å². The predicted octanol–water partition coefficient (Wildman–Crippen LogP) is 4.17. The maximum absolute atomic E-state index is 13.2. The Morgan fingerprint density at radius 2 is 1.86 bits per heavy atom. The first kappa shape index (κ1) is 21.2. The molecule has 1 fully saturated rings. The molecule has 2 aromatic carbocycles. The third-order valence-electron chi connectivity index (χ3n) is 5.42. The number of methoxy groups -OCH3 is 1. The lowest BCUT2D eigenvalue weighted by molar-refractivity contribution is -0.134. The normalized spacial score (nSPS) is 16.0. The lowest BCUT2D eigenvalue weighted by Gasteiger charge is -2.28. The first-order chi connectivity index (χ1) is 13.9. The number of ether oxygens (including phenoxy) is 1. The average molecular weight is 415 g/mol. The van der Waals surface area contributed by atoms with Crippen molar-refractivity contribution in [1.29, 1.82) is 0 Å². The highest BCUT2D eigenvalue weighted by Gasteiger charge is 2.37. The number of hydrogen-bond donors (Lipinski definition) is 0. The predicted molar refractivity (Wildman–Crippen MR) is 114 cm³/mol. The minimum Gasteiger partial charge on any atom is -0.496 e. The second kappa shape index (κ2) is 9.31. The Kier molecular flexibility index (Phi) is 6.80. The number of nitrogens with zero attached hydrogens (tertiary/aromatic N) is 2. The Morgan fingerprint density at radius 1 is 1.17 bits per heavy atom. The van der Waals surface area contributed by atoms with Crippen molar-refractivity contribution < 1.29 is 14.3 Å². The van der Waals surface area contributed by atoms with Crippen molar-refractivity contribution >= 4 is 23.4 Å². The van der Waals surface area contributed by atoms with E-state index in [0.717, 1.165) is 18.4 Å². The molecule has 1 saturated heterocycles. The van der Waals surface area contributed by atoms with Gasteiger partial charge in [0.1, 0.15) is 11.8 Å². The number of carbonyl (C=O) groups is 2. The van der Waals surface area contributed by atoms with E-state index in [9.17, 15) is 9.59 Å². The summed E-state index contributed by atoms with van der Waals surface area (Å²) in [7, 11) is 3.31. The third kappa shape index (κ3) is 4.73. The summed E-state index contributed by atoms with van der Waals surface area (Å²) < 4.78 is 5.32. The lowest BCUT2D eigenvalue weighted by Crippen LogP contribution is -2.46. The zero-order valence-electron chi connectivity index (χ0n) is 17.2. The number of hydrogen-bond acceptors (Lipinski definition) is 3. The van der Waals surface area contributed by atoms with E-state index < -0.39 is 6.04 Å². The van der Waals surface area contributed by atoms with Gasteiger partial charge in [0, 0.05) is 25.2 Å². The Labute approximate surface area is 177 Å². The Morgan fingerprint density at radius 3 is 2.52 bits per heavy atom. The van der Waals surface area contributed by atoms with Crippen molar-refractivity contribution in [1.82, 2.24) is 9.80 Å². The third-order valence-corrected chi connectivity index (χ3v) is 5.65. The lowest BCUT2D eigenvalue weighted by atomic mass is 10.1. The minimum atomic E-state index is -0.467. The van der Waals surface area contributed by atoms with Crippen molar-refractivity contribution in [2.45, 2.75) is 38.8 Å². The molecule has 0 radical (unpaired) electrons. The average Bonchev–Trinajstić information content (AvgIpc) is 3.23. The van der Waals surface area contributed by atoms with Gasteiger partial charge in [-0.3, -0.25) is 9.59 Å². The van der Waals surface area contributed by atoms with E-state index in [0.29, 0.717) is 35.8 Å². The summed E-state index contributed by atoms with van der Waals surface area (Å²) in [5, 5.41) is 0.462. The van der Waals surface area contributed by atoms with Crippen molar-refractivity contribution in [3.05, 3.63) is 64.2 Å². The first-order valence-electron chi connectivity index (χ1n) is 9.92. The molecule has 0 spiro atoms. The summed E-state index contributed by atoms with van der Waals surface area (Å²) in [6.07, 6.45) is 2.44. The Hall–Kier alpha value is -2.53. The van der Waals surface area contributed by atoms with Crippen LogP contribution >= 0.6 is 11.6 Å². The number of halogens is 1. The summed E-state index contributed by atoms with van der Waals surface area (Å²) in [4.78, 5) is 29.6. The van der Waals surface area contributed by atoms with Crippen molar-refractivity contribution in [3.63, 3.8) is 0 Å². The van der Waals surface area contributed by atoms with Crippen LogP contribution in [0.25, 0.3) is 0 Å². The van der Waals surface area contributed by atoms with Crippen molar-refractivity contribution in [2.75, 3.05) is 20.7 Å². The van der Waals surface area contributed by atoms with Crippen molar-refractivity contribution in [2.24, 2.45) is 0 Å². The van der Waals surface area contributed by atoms with Crippen LogP contribution in [-0.4, -0.2) is 48.4 Å². The summed E-state index contributed by atoms with van der Waals surface area (Å²) >= 11 is 6.08. The zero-order chi connectivity index (χ0) is 21.0. The summed E-state index contributed by atoms with van der Waals surface area (Å²) in [5.74, 6) is 0.194. The molecule has 0 aliphatic carbocycles. The van der Waals surface area contributed by atoms with Gasteiger partial charge in [-0.25, -0.2) is 0 Å². The van der Waals surface area contributed by atoms with Gasteiger partial charge in [-0.1, -0.05) is 42.8 Å². The smallest absolute Gasteiger partial charge is 0.258 e. The number of carbonyl (C=O) groups excluding carboxylic acids is 2. The van der Waals surface area contributed by atoms with Crippen LogP contribution in [-0.2, 0) is 17.8 Å². The molecule has 5 nitrogen and oxygen atoms in total. The summed E-state index contributed by atoms with van der Waals surface area (Å²) in [5.41, 5.74) is 2.73. The highest BCUT2D eigenvalue weighted by molar-refractivity contribution is 6.31. The second-order valence-corrected chi connectivity index (χ2v) is 7.80. The van der Waals surface area contributed by atoms with E-state index in [1.807, 2.05) is 0 Å². The fraction of sp³-hybridized carbons (Fsp3) is 0.391. The van der Waals surface area contributed by atoms with E-state index in [1.165, 1.54) is 12.7 Å². The van der Waals surface area contributed by atoms with Gasteiger partial charge in [0.25, 0.3) is 5.91 Å². The van der Waals surface area contributed by atoms with Gasteiger partial charge in [0.05, 0.1) is 12.7 Å². The fourth-order valence-corrected chi connectivity index (χ4v) is 3.93. The van der Waals surface area contributed by atoms with Crippen LogP contribution in [0.1, 0.15) is 41.3 Å². The summed E-state index contributed by atoms with van der Waals surface area (Å²) in [6.45, 7) is 3.18. The van der Waals surface area contributed by atoms with Crippen LogP contribution in [0.3, 0.4) is 0 Å². The van der Waals surface area contributed by atoms with Crippen LogP contribution in [0.15, 0.2) is 42.5 Å². The highest BCUT2D eigenvalue weighted by atomic mass is 35.5. The van der Waals surface area contributed by atoms with Crippen LogP contribution < -0.4 is 4.74 Å². The molecule has 0 unspecified atom stereocenters. The maximum atomic E-state index is 13.2. The largest absolute Gasteiger partial charge is 0.496 e. The standard InChI is InChI=1S/C23H27ClN2O3/c1-4-16-7-9-17(10-8-16)15-25(2)23(28)20-6-5-13-26(20)22(27)19-14-18(24)11-12-21(19)29-3/h7-12,14,20H,4-6,13,15H2,1-3H3/t20-/m0/s1. The van der Waals surface area contributed by atoms with Crippen LogP contribution in [0.4, 0.5) is 0 Å².